The van der Waals surface area contributed by atoms with E-state index in [1.165, 1.54) is 16.3 Å². The van der Waals surface area contributed by atoms with Crippen molar-refractivity contribution in [3.05, 3.63) is 87.5 Å². The minimum Gasteiger partial charge on any atom is -0.337 e. The molecule has 7 heteroatoms. The molecular formula is C22H19ClN4O2. The summed E-state index contributed by atoms with van der Waals surface area (Å²) in [6, 6.07) is 18.5. The average Bonchev–Trinajstić information content (AvgIpc) is 3.19. The predicted molar refractivity (Wildman–Crippen MR) is 112 cm³/mol. The number of benzene rings is 2. The summed E-state index contributed by atoms with van der Waals surface area (Å²) in [6.07, 6.45) is 0. The lowest BCUT2D eigenvalue weighted by molar-refractivity contribution is 0.363. The van der Waals surface area contributed by atoms with E-state index in [4.69, 9.17) is 16.1 Å². The average molecular weight is 407 g/mol. The second-order valence-corrected chi connectivity index (χ2v) is 7.45. The van der Waals surface area contributed by atoms with Crippen LogP contribution < -0.4 is 5.56 Å². The van der Waals surface area contributed by atoms with Gasteiger partial charge in [-0.1, -0.05) is 54.9 Å². The van der Waals surface area contributed by atoms with Gasteiger partial charge in [-0.15, -0.1) is 0 Å². The highest BCUT2D eigenvalue weighted by atomic mass is 35.5. The fourth-order valence-corrected chi connectivity index (χ4v) is 3.04. The van der Waals surface area contributed by atoms with Gasteiger partial charge < -0.3 is 4.52 Å². The summed E-state index contributed by atoms with van der Waals surface area (Å²) in [5.41, 5.74) is 3.44. The van der Waals surface area contributed by atoms with E-state index in [0.717, 1.165) is 11.1 Å². The summed E-state index contributed by atoms with van der Waals surface area (Å²) in [6.45, 7) is 4.39. The summed E-state index contributed by atoms with van der Waals surface area (Å²) >= 11 is 5.91. The first-order chi connectivity index (χ1) is 14.0. The van der Waals surface area contributed by atoms with Gasteiger partial charge in [0, 0.05) is 22.2 Å². The molecule has 0 unspecified atom stereocenters. The van der Waals surface area contributed by atoms with Gasteiger partial charge >= 0.3 is 0 Å². The van der Waals surface area contributed by atoms with E-state index >= 15 is 0 Å². The second-order valence-electron chi connectivity index (χ2n) is 7.01. The normalized spacial score (nSPS) is 11.2. The summed E-state index contributed by atoms with van der Waals surface area (Å²) < 4.78 is 6.63. The molecule has 6 nitrogen and oxygen atoms in total. The van der Waals surface area contributed by atoms with Crippen molar-refractivity contribution in [1.29, 1.82) is 0 Å². The van der Waals surface area contributed by atoms with Crippen molar-refractivity contribution in [2.75, 3.05) is 0 Å². The van der Waals surface area contributed by atoms with Crippen molar-refractivity contribution < 1.29 is 4.52 Å². The minimum atomic E-state index is -0.237. The molecule has 0 atom stereocenters. The maximum Gasteiger partial charge on any atom is 0.267 e. The molecule has 29 heavy (non-hydrogen) atoms. The second kappa shape index (κ2) is 8.01. The highest BCUT2D eigenvalue weighted by Gasteiger charge is 2.12. The Kier molecular flexibility index (Phi) is 5.27. The first kappa shape index (κ1) is 19.1. The van der Waals surface area contributed by atoms with Crippen LogP contribution in [0.15, 0.2) is 70.0 Å². The number of nitrogens with zero attached hydrogens (tertiary/aromatic N) is 4. The van der Waals surface area contributed by atoms with Crippen molar-refractivity contribution >= 4 is 11.6 Å². The Morgan fingerprint density at radius 1 is 0.966 bits per heavy atom. The van der Waals surface area contributed by atoms with E-state index in [1.807, 2.05) is 24.3 Å². The highest BCUT2D eigenvalue weighted by molar-refractivity contribution is 6.30. The Hall–Kier alpha value is -3.25. The zero-order chi connectivity index (χ0) is 20.4. The van der Waals surface area contributed by atoms with E-state index in [-0.39, 0.29) is 12.1 Å². The molecule has 0 aliphatic heterocycles. The van der Waals surface area contributed by atoms with Crippen molar-refractivity contribution in [2.24, 2.45) is 0 Å². The maximum absolute atomic E-state index is 12.3. The van der Waals surface area contributed by atoms with Crippen LogP contribution in [0.3, 0.4) is 0 Å². The predicted octanol–water partition coefficient (Wildman–Crippen LogP) is 4.79. The largest absolute Gasteiger partial charge is 0.337 e. The van der Waals surface area contributed by atoms with E-state index in [0.29, 0.717) is 28.3 Å². The maximum atomic E-state index is 12.3. The molecule has 0 spiro atoms. The molecule has 4 aromatic rings. The third-order valence-corrected chi connectivity index (χ3v) is 4.85. The molecule has 0 radical (unpaired) electrons. The van der Waals surface area contributed by atoms with Gasteiger partial charge in [0.05, 0.1) is 5.69 Å². The third-order valence-electron chi connectivity index (χ3n) is 4.60. The molecule has 2 aromatic heterocycles. The van der Waals surface area contributed by atoms with Crippen molar-refractivity contribution in [2.45, 2.75) is 26.3 Å². The van der Waals surface area contributed by atoms with Crippen LogP contribution in [-0.2, 0) is 6.54 Å². The highest BCUT2D eigenvalue weighted by Crippen LogP contribution is 2.21. The Bertz CT molecular complexity index is 1180. The molecule has 2 heterocycles. The molecule has 0 amide bonds. The number of rotatable bonds is 5. The van der Waals surface area contributed by atoms with Crippen LogP contribution in [0.25, 0.3) is 22.6 Å². The minimum absolute atomic E-state index is 0.0946. The molecule has 0 bridgehead atoms. The smallest absolute Gasteiger partial charge is 0.267 e. The van der Waals surface area contributed by atoms with Crippen molar-refractivity contribution in [3.8, 4) is 22.6 Å². The summed E-state index contributed by atoms with van der Waals surface area (Å²) in [5, 5.41) is 9.07. The van der Waals surface area contributed by atoms with Gasteiger partial charge in [-0.05, 0) is 41.8 Å². The van der Waals surface area contributed by atoms with Gasteiger partial charge in [-0.2, -0.15) is 10.1 Å². The van der Waals surface area contributed by atoms with Crippen LogP contribution in [0, 0.1) is 0 Å². The first-order valence-corrected chi connectivity index (χ1v) is 9.64. The van der Waals surface area contributed by atoms with Gasteiger partial charge in [0.2, 0.25) is 11.7 Å². The van der Waals surface area contributed by atoms with Gasteiger partial charge in [0.15, 0.2) is 0 Å². The van der Waals surface area contributed by atoms with E-state index in [2.05, 4.69) is 41.2 Å². The van der Waals surface area contributed by atoms with E-state index < -0.39 is 0 Å². The zero-order valence-corrected chi connectivity index (χ0v) is 16.8. The molecule has 0 fully saturated rings. The molecule has 0 N–H and O–H groups in total. The van der Waals surface area contributed by atoms with E-state index in [9.17, 15) is 4.79 Å². The standard InChI is InChI=1S/C22H19ClN4O2/c1-14(2)15-3-5-16(6-4-15)19-11-12-21(28)27(25-19)13-20-24-22(26-29-20)17-7-9-18(23)10-8-17/h3-12,14H,13H2,1-2H3. The lowest BCUT2D eigenvalue weighted by atomic mass is 10.0. The summed E-state index contributed by atoms with van der Waals surface area (Å²) in [4.78, 5) is 16.6. The molecule has 146 valence electrons. The molecular weight excluding hydrogens is 388 g/mol. The van der Waals surface area contributed by atoms with Gasteiger partial charge in [0.1, 0.15) is 6.54 Å². The van der Waals surface area contributed by atoms with Crippen LogP contribution in [-0.4, -0.2) is 19.9 Å². The van der Waals surface area contributed by atoms with Crippen molar-refractivity contribution in [3.63, 3.8) is 0 Å². The van der Waals surface area contributed by atoms with Gasteiger partial charge in [-0.25, -0.2) is 4.68 Å². The zero-order valence-electron chi connectivity index (χ0n) is 16.0. The van der Waals surface area contributed by atoms with E-state index in [1.54, 1.807) is 18.2 Å². The van der Waals surface area contributed by atoms with Crippen LogP contribution in [0.5, 0.6) is 0 Å². The fourth-order valence-electron chi connectivity index (χ4n) is 2.92. The summed E-state index contributed by atoms with van der Waals surface area (Å²) in [5.74, 6) is 1.19. The number of halogens is 1. The molecule has 2 aromatic carbocycles. The Labute approximate surface area is 172 Å². The lowest BCUT2D eigenvalue weighted by Crippen LogP contribution is -2.23. The SMILES string of the molecule is CC(C)c1ccc(-c2ccc(=O)n(Cc3nc(-c4ccc(Cl)cc4)no3)n2)cc1. The Morgan fingerprint density at radius 3 is 2.34 bits per heavy atom. The number of hydrogen-bond donors (Lipinski definition) is 0. The van der Waals surface area contributed by atoms with Crippen LogP contribution in [0.1, 0.15) is 31.2 Å². The topological polar surface area (TPSA) is 73.8 Å². The fraction of sp³-hybridized carbons (Fsp3) is 0.182. The van der Waals surface area contributed by atoms with Crippen LogP contribution in [0.2, 0.25) is 5.02 Å². The number of aromatic nitrogens is 4. The quantitative estimate of drug-likeness (QED) is 0.476. The molecule has 0 aliphatic carbocycles. The lowest BCUT2D eigenvalue weighted by Gasteiger charge is -2.08. The van der Waals surface area contributed by atoms with Gasteiger partial charge in [0.25, 0.3) is 5.56 Å². The van der Waals surface area contributed by atoms with Crippen molar-refractivity contribution in [1.82, 2.24) is 19.9 Å². The molecule has 4 rings (SSSR count). The monoisotopic (exact) mass is 406 g/mol. The molecule has 0 aliphatic rings. The Balaban J connectivity index is 1.58. The molecule has 0 saturated heterocycles. The Morgan fingerprint density at radius 2 is 1.66 bits per heavy atom. The summed E-state index contributed by atoms with van der Waals surface area (Å²) in [7, 11) is 0. The van der Waals surface area contributed by atoms with Gasteiger partial charge in [-0.3, -0.25) is 4.79 Å². The third kappa shape index (κ3) is 4.27. The van der Waals surface area contributed by atoms with Crippen LogP contribution >= 0.6 is 11.6 Å². The molecule has 0 saturated carbocycles. The van der Waals surface area contributed by atoms with Crippen LogP contribution in [0.4, 0.5) is 0 Å². The first-order valence-electron chi connectivity index (χ1n) is 9.26. The number of hydrogen-bond acceptors (Lipinski definition) is 5.